The molecule has 2 saturated heterocycles. The molecule has 1 unspecified atom stereocenters. The van der Waals surface area contributed by atoms with Gasteiger partial charge in [0, 0.05) is 22.5 Å². The fraction of sp³-hybridized carbons (Fsp3) is 0.226. The summed E-state index contributed by atoms with van der Waals surface area (Å²) in [5.74, 6) is 2.07. The van der Waals surface area contributed by atoms with E-state index in [0.717, 1.165) is 34.4 Å². The van der Waals surface area contributed by atoms with E-state index < -0.39 is 19.8 Å². The summed E-state index contributed by atoms with van der Waals surface area (Å²) in [4.78, 5) is 2.22. The molecule has 0 aliphatic carbocycles. The molecule has 38 heavy (non-hydrogen) atoms. The minimum Gasteiger partial charge on any atom is -0.534 e. The van der Waals surface area contributed by atoms with E-state index in [1.807, 2.05) is 38.1 Å². The molecule has 2 aliphatic rings. The van der Waals surface area contributed by atoms with Crippen molar-refractivity contribution in [3.8, 4) is 0 Å². The summed E-state index contributed by atoms with van der Waals surface area (Å²) in [7, 11) is -0.998. The molecule has 0 N–H and O–H groups in total. The summed E-state index contributed by atoms with van der Waals surface area (Å²) in [5, 5.41) is 0. The molecule has 2 aliphatic heterocycles. The fourth-order valence-corrected chi connectivity index (χ4v) is 4.51. The number of benzene rings is 3. The van der Waals surface area contributed by atoms with E-state index in [-0.39, 0.29) is 0 Å². The topological polar surface area (TPSA) is 40.2 Å². The van der Waals surface area contributed by atoms with E-state index in [0.29, 0.717) is 23.2 Å². The van der Waals surface area contributed by atoms with Crippen LogP contribution in [0, 0.1) is 0 Å². The average molecular weight is 505 g/mol. The molecular formula is C31H33B2NO4. The zero-order chi connectivity index (χ0) is 27.0. The second kappa shape index (κ2) is 10.1. The second-order valence-corrected chi connectivity index (χ2v) is 10.3. The van der Waals surface area contributed by atoms with Crippen LogP contribution in [0.3, 0.4) is 0 Å². The van der Waals surface area contributed by atoms with Crippen molar-refractivity contribution in [1.82, 2.24) is 0 Å². The van der Waals surface area contributed by atoms with Gasteiger partial charge in [0.2, 0.25) is 0 Å². The maximum atomic E-state index is 6.07. The standard InChI is InChI=1S/C31H33B2NO4/c1-8-21(2)25-9-15-28(16-10-25)34(29-17-11-26(12-18-29)32-35-22(3)23(4)36-32)30-19-13-27(14-20-30)33-37-24(5)31(6,7)38-33/h9-21H,3-5,8H2,1-2,6-7H3. The molecule has 5 nitrogen and oxygen atoms in total. The van der Waals surface area contributed by atoms with E-state index in [1.54, 1.807) is 0 Å². The molecule has 2 fully saturated rings. The highest BCUT2D eigenvalue weighted by Crippen LogP contribution is 2.36. The number of hydrogen-bond acceptors (Lipinski definition) is 5. The van der Waals surface area contributed by atoms with Gasteiger partial charge in [0.25, 0.3) is 0 Å². The quantitative estimate of drug-likeness (QED) is 0.344. The van der Waals surface area contributed by atoms with E-state index in [4.69, 9.17) is 18.6 Å². The van der Waals surface area contributed by atoms with Crippen molar-refractivity contribution in [2.75, 3.05) is 4.90 Å². The summed E-state index contributed by atoms with van der Waals surface area (Å²) < 4.78 is 23.4. The van der Waals surface area contributed by atoms with Crippen LogP contribution in [0.4, 0.5) is 17.1 Å². The minimum absolute atomic E-state index is 0.462. The van der Waals surface area contributed by atoms with Gasteiger partial charge in [-0.05, 0) is 73.6 Å². The van der Waals surface area contributed by atoms with Crippen molar-refractivity contribution >= 4 is 42.2 Å². The van der Waals surface area contributed by atoms with Gasteiger partial charge in [-0.25, -0.2) is 0 Å². The maximum absolute atomic E-state index is 6.07. The lowest BCUT2D eigenvalue weighted by Crippen LogP contribution is -2.34. The number of nitrogens with zero attached hydrogens (tertiary/aromatic N) is 1. The predicted molar refractivity (Wildman–Crippen MR) is 156 cm³/mol. The van der Waals surface area contributed by atoms with Gasteiger partial charge in [-0.2, -0.15) is 0 Å². The van der Waals surface area contributed by atoms with Gasteiger partial charge < -0.3 is 23.5 Å². The number of anilines is 3. The van der Waals surface area contributed by atoms with E-state index in [2.05, 4.69) is 87.0 Å². The zero-order valence-electron chi connectivity index (χ0n) is 22.6. The third-order valence-electron chi connectivity index (χ3n) is 7.31. The Kier molecular flexibility index (Phi) is 6.89. The Morgan fingerprint density at radius 1 is 0.711 bits per heavy atom. The molecule has 2 heterocycles. The Morgan fingerprint density at radius 2 is 1.16 bits per heavy atom. The zero-order valence-corrected chi connectivity index (χ0v) is 22.6. The highest BCUT2D eigenvalue weighted by atomic mass is 16.7. The van der Waals surface area contributed by atoms with E-state index in [1.165, 1.54) is 5.56 Å². The van der Waals surface area contributed by atoms with Crippen molar-refractivity contribution in [2.45, 2.75) is 45.6 Å². The van der Waals surface area contributed by atoms with Gasteiger partial charge in [0.1, 0.15) is 17.1 Å². The van der Waals surface area contributed by atoms with Crippen LogP contribution in [-0.4, -0.2) is 19.8 Å². The summed E-state index contributed by atoms with van der Waals surface area (Å²) in [6.45, 7) is 20.1. The van der Waals surface area contributed by atoms with Crippen molar-refractivity contribution < 1.29 is 18.6 Å². The molecule has 0 aromatic heterocycles. The van der Waals surface area contributed by atoms with Crippen LogP contribution >= 0.6 is 0 Å². The number of rotatable bonds is 7. The van der Waals surface area contributed by atoms with Crippen LogP contribution in [0.5, 0.6) is 0 Å². The van der Waals surface area contributed by atoms with Crippen LogP contribution in [0.1, 0.15) is 45.6 Å². The summed E-state index contributed by atoms with van der Waals surface area (Å²) >= 11 is 0. The Balaban J connectivity index is 1.47. The van der Waals surface area contributed by atoms with E-state index in [9.17, 15) is 0 Å². The first kappa shape index (κ1) is 25.8. The van der Waals surface area contributed by atoms with Crippen molar-refractivity contribution in [1.29, 1.82) is 0 Å². The monoisotopic (exact) mass is 505 g/mol. The van der Waals surface area contributed by atoms with Crippen LogP contribution < -0.4 is 15.8 Å². The lowest BCUT2D eigenvalue weighted by atomic mass is 9.79. The summed E-state index contributed by atoms with van der Waals surface area (Å²) in [6.07, 6.45) is 1.10. The first-order valence-electron chi connectivity index (χ1n) is 13.0. The SMILES string of the molecule is C=C1OB(c2ccc(N(c3ccc(B4OC(=C)C(C)(C)O4)cc3)c3ccc(C(C)CC)cc3)cc2)OC1=C. The van der Waals surface area contributed by atoms with Crippen molar-refractivity contribution in [2.24, 2.45) is 0 Å². The van der Waals surface area contributed by atoms with Gasteiger partial charge in [-0.1, -0.05) is 70.0 Å². The lowest BCUT2D eigenvalue weighted by Gasteiger charge is -2.26. The summed E-state index contributed by atoms with van der Waals surface area (Å²) in [5.41, 5.74) is 5.75. The van der Waals surface area contributed by atoms with Gasteiger partial charge >= 0.3 is 14.2 Å². The highest BCUT2D eigenvalue weighted by Gasteiger charge is 2.42. The Labute approximate surface area is 226 Å². The first-order chi connectivity index (χ1) is 18.2. The van der Waals surface area contributed by atoms with Gasteiger partial charge in [0.05, 0.1) is 5.76 Å². The lowest BCUT2D eigenvalue weighted by molar-refractivity contribution is 0.173. The molecular weight excluding hydrogens is 472 g/mol. The molecule has 5 rings (SSSR count). The fourth-order valence-electron chi connectivity index (χ4n) is 4.51. The maximum Gasteiger partial charge on any atom is 0.632 e. The molecule has 0 spiro atoms. The largest absolute Gasteiger partial charge is 0.632 e. The van der Waals surface area contributed by atoms with Crippen LogP contribution in [0.2, 0.25) is 0 Å². The van der Waals surface area contributed by atoms with Crippen LogP contribution in [0.15, 0.2) is 110 Å². The van der Waals surface area contributed by atoms with Crippen molar-refractivity contribution in [3.63, 3.8) is 0 Å². The van der Waals surface area contributed by atoms with Crippen LogP contribution in [-0.2, 0) is 18.6 Å². The smallest absolute Gasteiger partial charge is 0.534 e. The third-order valence-corrected chi connectivity index (χ3v) is 7.31. The molecule has 192 valence electrons. The van der Waals surface area contributed by atoms with Gasteiger partial charge in [0.15, 0.2) is 0 Å². The highest BCUT2D eigenvalue weighted by molar-refractivity contribution is 6.63. The molecule has 0 radical (unpaired) electrons. The summed E-state index contributed by atoms with van der Waals surface area (Å²) in [6, 6.07) is 25.2. The normalized spacial score (nSPS) is 17.2. The molecule has 0 bridgehead atoms. The molecule has 0 amide bonds. The molecule has 3 aromatic rings. The second-order valence-electron chi connectivity index (χ2n) is 10.3. The average Bonchev–Trinajstić information content (AvgIpc) is 3.41. The Morgan fingerprint density at radius 3 is 1.58 bits per heavy atom. The Bertz CT molecular complexity index is 1330. The van der Waals surface area contributed by atoms with Crippen molar-refractivity contribution in [3.05, 3.63) is 115 Å². The van der Waals surface area contributed by atoms with E-state index >= 15 is 0 Å². The van der Waals surface area contributed by atoms with Gasteiger partial charge in [-0.3, -0.25) is 0 Å². The molecule has 1 atom stereocenters. The first-order valence-corrected chi connectivity index (χ1v) is 13.0. The molecule has 0 saturated carbocycles. The molecule has 7 heteroatoms. The van der Waals surface area contributed by atoms with Gasteiger partial charge in [-0.15, -0.1) is 0 Å². The molecule has 3 aromatic carbocycles. The number of hydrogen-bond donors (Lipinski definition) is 0. The predicted octanol–water partition coefficient (Wildman–Crippen LogP) is 6.47. The Hall–Kier alpha value is -3.83. The minimum atomic E-state index is -0.531. The van der Waals surface area contributed by atoms with Crippen LogP contribution in [0.25, 0.3) is 0 Å². The third kappa shape index (κ3) is 4.99.